The van der Waals surface area contributed by atoms with Crippen LogP contribution in [0.4, 0.5) is 14.9 Å². The molecule has 2 atom stereocenters. The van der Waals surface area contributed by atoms with E-state index in [0.29, 0.717) is 29.8 Å². The van der Waals surface area contributed by atoms with E-state index < -0.39 is 24.1 Å². The minimum Gasteiger partial charge on any atom is -0.442 e. The first kappa shape index (κ1) is 26.9. The number of rotatable bonds is 9. The molecular formula is C30H30FN5O4. The number of fused-ring (bicyclic) bond motifs is 1. The van der Waals surface area contributed by atoms with Gasteiger partial charge < -0.3 is 26.1 Å². The third kappa shape index (κ3) is 5.97. The Labute approximate surface area is 230 Å². The number of nitrogens with two attached hydrogens (primary N) is 1. The molecule has 5 rings (SSSR count). The maximum absolute atomic E-state index is 15.1. The van der Waals surface area contributed by atoms with E-state index in [1.807, 2.05) is 42.6 Å². The fourth-order valence-corrected chi connectivity index (χ4v) is 4.75. The van der Waals surface area contributed by atoms with Gasteiger partial charge in [-0.1, -0.05) is 42.5 Å². The maximum Gasteiger partial charge on any atom is 0.414 e. The molecule has 0 radical (unpaired) electrons. The highest BCUT2D eigenvalue weighted by Crippen LogP contribution is 2.29. The van der Waals surface area contributed by atoms with Crippen LogP contribution in [0, 0.1) is 5.82 Å². The van der Waals surface area contributed by atoms with Crippen LogP contribution < -0.4 is 21.3 Å². The van der Waals surface area contributed by atoms with Gasteiger partial charge in [0.25, 0.3) is 0 Å². The van der Waals surface area contributed by atoms with Crippen molar-refractivity contribution in [1.82, 2.24) is 15.6 Å². The van der Waals surface area contributed by atoms with E-state index in [4.69, 9.17) is 10.5 Å². The topological polar surface area (TPSA) is 130 Å². The van der Waals surface area contributed by atoms with Gasteiger partial charge in [-0.2, -0.15) is 0 Å². The monoisotopic (exact) mass is 543 g/mol. The molecule has 206 valence electrons. The van der Waals surface area contributed by atoms with Gasteiger partial charge in [-0.05, 0) is 47.4 Å². The molecule has 1 aromatic heterocycles. The van der Waals surface area contributed by atoms with E-state index in [9.17, 15) is 14.4 Å². The van der Waals surface area contributed by atoms with Gasteiger partial charge in [-0.15, -0.1) is 0 Å². The molecule has 0 bridgehead atoms. The summed E-state index contributed by atoms with van der Waals surface area (Å²) in [6.07, 6.45) is 1.20. The molecule has 3 aromatic carbocycles. The van der Waals surface area contributed by atoms with Crippen LogP contribution in [0.5, 0.6) is 0 Å². The lowest BCUT2D eigenvalue weighted by Crippen LogP contribution is -2.41. The number of benzene rings is 3. The largest absolute Gasteiger partial charge is 0.442 e. The van der Waals surface area contributed by atoms with Crippen LogP contribution in [0.25, 0.3) is 22.0 Å². The number of ether oxygens (including phenoxy) is 1. The normalized spacial score (nSPS) is 15.6. The Hall–Kier alpha value is -4.70. The number of H-pyrrole nitrogens is 1. The van der Waals surface area contributed by atoms with Gasteiger partial charge in [0.15, 0.2) is 0 Å². The summed E-state index contributed by atoms with van der Waals surface area (Å²) in [6.45, 7) is 2.08. The fourth-order valence-electron chi connectivity index (χ4n) is 4.75. The van der Waals surface area contributed by atoms with Crippen LogP contribution in [0.2, 0.25) is 0 Å². The smallest absolute Gasteiger partial charge is 0.414 e. The van der Waals surface area contributed by atoms with Crippen molar-refractivity contribution in [3.05, 3.63) is 89.9 Å². The molecule has 4 aromatic rings. The van der Waals surface area contributed by atoms with Gasteiger partial charge in [0.2, 0.25) is 11.8 Å². The first-order chi connectivity index (χ1) is 19.3. The second-order valence-electron chi connectivity index (χ2n) is 9.80. The number of hydrogen-bond donors (Lipinski definition) is 4. The molecule has 1 aliphatic rings. The van der Waals surface area contributed by atoms with Gasteiger partial charge in [0, 0.05) is 36.1 Å². The van der Waals surface area contributed by atoms with Gasteiger partial charge in [-0.3, -0.25) is 14.5 Å². The van der Waals surface area contributed by atoms with Crippen molar-refractivity contribution in [2.75, 3.05) is 18.0 Å². The Kier molecular flexibility index (Phi) is 7.79. The molecule has 5 N–H and O–H groups in total. The number of nitrogens with one attached hydrogen (secondary N) is 3. The van der Waals surface area contributed by atoms with Crippen molar-refractivity contribution in [2.24, 2.45) is 5.73 Å². The van der Waals surface area contributed by atoms with Crippen LogP contribution in [0.1, 0.15) is 18.1 Å². The quantitative estimate of drug-likeness (QED) is 0.256. The van der Waals surface area contributed by atoms with Crippen molar-refractivity contribution < 1.29 is 23.5 Å². The Morgan fingerprint density at radius 2 is 1.90 bits per heavy atom. The van der Waals surface area contributed by atoms with Gasteiger partial charge in [0.1, 0.15) is 11.9 Å². The lowest BCUT2D eigenvalue weighted by atomic mass is 10.0. The molecule has 0 aliphatic carbocycles. The Morgan fingerprint density at radius 3 is 2.65 bits per heavy atom. The number of amides is 3. The number of aromatic nitrogens is 1. The molecule has 2 heterocycles. The summed E-state index contributed by atoms with van der Waals surface area (Å²) < 4.78 is 20.3. The van der Waals surface area contributed by atoms with Crippen molar-refractivity contribution in [1.29, 1.82) is 0 Å². The lowest BCUT2D eigenvalue weighted by molar-refractivity contribution is -0.122. The predicted molar refractivity (Wildman–Crippen MR) is 150 cm³/mol. The number of para-hydroxylation sites is 1. The standard InChI is InChI=1S/C30H30FN5O4/c1-18(37)33-16-23-17-36(30(39)40-23)22-10-11-24(26(31)13-22)20-8-6-19(7-9-20)14-35-29(38)27(32)12-21-15-34-28-5-3-2-4-25(21)28/h2-11,13,15,23,27,34H,12,14,16-17,32H2,1H3,(H,33,37)(H,35,38). The minimum atomic E-state index is -0.695. The summed E-state index contributed by atoms with van der Waals surface area (Å²) in [6, 6.07) is 18.9. The maximum atomic E-state index is 15.1. The Balaban J connectivity index is 1.17. The van der Waals surface area contributed by atoms with E-state index in [1.54, 1.807) is 24.3 Å². The van der Waals surface area contributed by atoms with E-state index in [2.05, 4.69) is 15.6 Å². The number of carbonyl (C=O) groups is 3. The Morgan fingerprint density at radius 1 is 1.12 bits per heavy atom. The molecule has 1 saturated heterocycles. The van der Waals surface area contributed by atoms with Crippen molar-refractivity contribution in [3.63, 3.8) is 0 Å². The second-order valence-corrected chi connectivity index (χ2v) is 9.80. The van der Waals surface area contributed by atoms with Crippen molar-refractivity contribution in [3.8, 4) is 11.1 Å². The summed E-state index contributed by atoms with van der Waals surface area (Å²) in [5.74, 6) is -0.959. The van der Waals surface area contributed by atoms with Crippen LogP contribution in [-0.4, -0.2) is 48.1 Å². The van der Waals surface area contributed by atoms with Crippen LogP contribution in [-0.2, 0) is 27.3 Å². The van der Waals surface area contributed by atoms with Gasteiger partial charge in [-0.25, -0.2) is 9.18 Å². The number of aromatic amines is 1. The number of cyclic esters (lactones) is 1. The fraction of sp³-hybridized carbons (Fsp3) is 0.233. The van der Waals surface area contributed by atoms with E-state index in [0.717, 1.165) is 22.0 Å². The molecule has 40 heavy (non-hydrogen) atoms. The van der Waals surface area contributed by atoms with E-state index >= 15 is 4.39 Å². The average Bonchev–Trinajstić information content (AvgIpc) is 3.53. The molecule has 10 heteroatoms. The molecule has 0 spiro atoms. The molecule has 2 unspecified atom stereocenters. The predicted octanol–water partition coefficient (Wildman–Crippen LogP) is 3.62. The Bertz CT molecular complexity index is 1550. The van der Waals surface area contributed by atoms with Crippen molar-refractivity contribution >= 4 is 34.5 Å². The number of anilines is 1. The molecular weight excluding hydrogens is 513 g/mol. The van der Waals surface area contributed by atoms with Crippen LogP contribution in [0.3, 0.4) is 0 Å². The summed E-state index contributed by atoms with van der Waals surface area (Å²) in [5, 5.41) is 6.53. The first-order valence-electron chi connectivity index (χ1n) is 13.0. The number of nitrogens with zero attached hydrogens (tertiary/aromatic N) is 1. The lowest BCUT2D eigenvalue weighted by Gasteiger charge is -2.15. The molecule has 1 aliphatic heterocycles. The van der Waals surface area contributed by atoms with E-state index in [1.165, 1.54) is 17.9 Å². The SMILES string of the molecule is CC(=O)NCC1CN(c2ccc(-c3ccc(CNC(=O)C(N)Cc4c[nH]c5ccccc45)cc3)c(F)c2)C(=O)O1. The highest BCUT2D eigenvalue weighted by atomic mass is 19.1. The molecule has 1 fully saturated rings. The number of carbonyl (C=O) groups excluding carboxylic acids is 3. The third-order valence-corrected chi connectivity index (χ3v) is 6.90. The van der Waals surface area contributed by atoms with Crippen LogP contribution >= 0.6 is 0 Å². The van der Waals surface area contributed by atoms with Gasteiger partial charge >= 0.3 is 6.09 Å². The summed E-state index contributed by atoms with van der Waals surface area (Å²) >= 11 is 0. The zero-order chi connectivity index (χ0) is 28.2. The highest BCUT2D eigenvalue weighted by molar-refractivity contribution is 5.90. The second kappa shape index (κ2) is 11.6. The highest BCUT2D eigenvalue weighted by Gasteiger charge is 2.32. The van der Waals surface area contributed by atoms with Crippen molar-refractivity contribution in [2.45, 2.75) is 32.0 Å². The zero-order valence-electron chi connectivity index (χ0n) is 21.9. The van der Waals surface area contributed by atoms with Gasteiger partial charge in [0.05, 0.1) is 24.8 Å². The summed E-state index contributed by atoms with van der Waals surface area (Å²) in [4.78, 5) is 40.5. The first-order valence-corrected chi connectivity index (χ1v) is 13.0. The summed E-state index contributed by atoms with van der Waals surface area (Å²) in [7, 11) is 0. The molecule has 0 saturated carbocycles. The minimum absolute atomic E-state index is 0.195. The molecule has 9 nitrogen and oxygen atoms in total. The van der Waals surface area contributed by atoms with E-state index in [-0.39, 0.29) is 24.9 Å². The average molecular weight is 544 g/mol. The van der Waals surface area contributed by atoms with Crippen LogP contribution in [0.15, 0.2) is 72.9 Å². The number of halogens is 1. The third-order valence-electron chi connectivity index (χ3n) is 6.90. The zero-order valence-corrected chi connectivity index (χ0v) is 21.9. The molecule has 3 amide bonds. The number of hydrogen-bond acceptors (Lipinski definition) is 5. The summed E-state index contributed by atoms with van der Waals surface area (Å²) in [5.41, 5.74) is 10.4.